The van der Waals surface area contributed by atoms with Crippen molar-refractivity contribution >= 4 is 15.9 Å². The van der Waals surface area contributed by atoms with Gasteiger partial charge >= 0.3 is 0 Å². The van der Waals surface area contributed by atoms with Gasteiger partial charge in [-0.25, -0.2) is 8.42 Å². The molecule has 0 spiro atoms. The van der Waals surface area contributed by atoms with Crippen LogP contribution in [0.5, 0.6) is 5.75 Å². The average Bonchev–Trinajstić information content (AvgIpc) is 2.61. The van der Waals surface area contributed by atoms with E-state index in [-0.39, 0.29) is 6.04 Å². The number of nitrogens with zero attached hydrogens (tertiary/aromatic N) is 1. The third-order valence-corrected chi connectivity index (χ3v) is 5.47. The molecule has 0 aromatic heterocycles. The Bertz CT molecular complexity index is 853. The molecule has 6 nitrogen and oxygen atoms in total. The van der Waals surface area contributed by atoms with Crippen LogP contribution >= 0.6 is 0 Å². The molecule has 1 N–H and O–H groups in total. The molecule has 0 bridgehead atoms. The summed E-state index contributed by atoms with van der Waals surface area (Å²) in [6.45, 7) is 1.83. The lowest BCUT2D eigenvalue weighted by Gasteiger charge is -2.27. The first-order valence-electron chi connectivity index (χ1n) is 8.17. The number of rotatable bonds is 7. The minimum Gasteiger partial charge on any atom is -0.496 e. The van der Waals surface area contributed by atoms with Gasteiger partial charge in [0.2, 0.25) is 15.9 Å². The third-order valence-electron chi connectivity index (χ3n) is 4.21. The molecular formula is C19H24N2O4S. The maximum absolute atomic E-state index is 13.0. The number of nitrogens with one attached hydrogen (secondary N) is 1. The van der Waals surface area contributed by atoms with Crippen molar-refractivity contribution in [2.24, 2.45) is 0 Å². The Labute approximate surface area is 154 Å². The predicted molar refractivity (Wildman–Crippen MR) is 101 cm³/mol. The number of methoxy groups -OCH3 is 1. The summed E-state index contributed by atoms with van der Waals surface area (Å²) in [6.07, 6.45) is 1.08. The second-order valence-corrected chi connectivity index (χ2v) is 8.11. The van der Waals surface area contributed by atoms with Gasteiger partial charge in [-0.2, -0.15) is 4.31 Å². The van der Waals surface area contributed by atoms with Crippen molar-refractivity contribution < 1.29 is 17.9 Å². The van der Waals surface area contributed by atoms with Crippen molar-refractivity contribution in [2.75, 3.05) is 20.4 Å². The van der Waals surface area contributed by atoms with Gasteiger partial charge in [-0.1, -0.05) is 48.5 Å². The van der Waals surface area contributed by atoms with E-state index in [1.165, 1.54) is 7.05 Å². The van der Waals surface area contributed by atoms with Gasteiger partial charge in [-0.3, -0.25) is 4.79 Å². The predicted octanol–water partition coefficient (Wildman–Crippen LogP) is 2.51. The minimum absolute atomic E-state index is 0.349. The molecule has 0 saturated heterocycles. The molecule has 26 heavy (non-hydrogen) atoms. The average molecular weight is 376 g/mol. The summed E-state index contributed by atoms with van der Waals surface area (Å²) in [5, 5.41) is 2.90. The molecule has 0 heterocycles. The summed E-state index contributed by atoms with van der Waals surface area (Å²) in [5.41, 5.74) is 1.42. The van der Waals surface area contributed by atoms with Gasteiger partial charge in [0.25, 0.3) is 0 Å². The summed E-state index contributed by atoms with van der Waals surface area (Å²) in [7, 11) is -0.590. The topological polar surface area (TPSA) is 75.7 Å². The number of likely N-dealkylation sites (N-methyl/N-ethyl adjacent to an activating group) is 1. The van der Waals surface area contributed by atoms with Crippen LogP contribution in [0.15, 0.2) is 54.6 Å². The van der Waals surface area contributed by atoms with Crippen LogP contribution in [0.2, 0.25) is 0 Å². The van der Waals surface area contributed by atoms with E-state index in [0.717, 1.165) is 16.1 Å². The SMILES string of the molecule is COc1ccccc1[C@H](C)NC(=O)[C@@H](c1ccccc1)N(C)S(C)(=O)=O. The standard InChI is InChI=1S/C19H24N2O4S/c1-14(16-12-8-9-13-17(16)25-3)20-19(22)18(21(2)26(4,23)24)15-10-6-5-7-11-15/h5-14,18H,1-4H3,(H,20,22)/t14-,18+/m0/s1. The number of ether oxygens (including phenoxy) is 1. The van der Waals surface area contributed by atoms with Crippen LogP contribution in [0.3, 0.4) is 0 Å². The molecule has 2 aromatic carbocycles. The van der Waals surface area contributed by atoms with Gasteiger partial charge in [-0.05, 0) is 18.6 Å². The number of para-hydroxylation sites is 1. The molecule has 140 valence electrons. The molecule has 0 unspecified atom stereocenters. The Morgan fingerprint density at radius 3 is 2.23 bits per heavy atom. The Morgan fingerprint density at radius 2 is 1.65 bits per heavy atom. The van der Waals surface area contributed by atoms with Crippen molar-refractivity contribution in [1.29, 1.82) is 0 Å². The first-order chi connectivity index (χ1) is 12.3. The van der Waals surface area contributed by atoms with E-state index in [0.29, 0.717) is 11.3 Å². The van der Waals surface area contributed by atoms with Crippen LogP contribution < -0.4 is 10.1 Å². The Kier molecular flexibility index (Phi) is 6.39. The molecule has 1 amide bonds. The first-order valence-corrected chi connectivity index (χ1v) is 10.0. The quantitative estimate of drug-likeness (QED) is 0.806. The van der Waals surface area contributed by atoms with Crippen molar-refractivity contribution in [3.05, 3.63) is 65.7 Å². The summed E-state index contributed by atoms with van der Waals surface area (Å²) < 4.78 is 30.5. The fourth-order valence-electron chi connectivity index (χ4n) is 2.75. The van der Waals surface area contributed by atoms with E-state index in [1.54, 1.807) is 31.4 Å². The summed E-state index contributed by atoms with van der Waals surface area (Å²) in [4.78, 5) is 13.0. The van der Waals surface area contributed by atoms with Crippen LogP contribution in [0.4, 0.5) is 0 Å². The fourth-order valence-corrected chi connectivity index (χ4v) is 3.35. The van der Waals surface area contributed by atoms with Crippen LogP contribution in [0, 0.1) is 0 Å². The summed E-state index contributed by atoms with van der Waals surface area (Å²) >= 11 is 0. The Balaban J connectivity index is 2.32. The Hall–Kier alpha value is -2.38. The zero-order chi connectivity index (χ0) is 19.3. The van der Waals surface area contributed by atoms with Gasteiger partial charge < -0.3 is 10.1 Å². The van der Waals surface area contributed by atoms with Gasteiger partial charge in [-0.15, -0.1) is 0 Å². The van der Waals surface area contributed by atoms with E-state index in [1.807, 2.05) is 37.3 Å². The number of hydrogen-bond donors (Lipinski definition) is 1. The smallest absolute Gasteiger partial charge is 0.243 e. The van der Waals surface area contributed by atoms with Gasteiger partial charge in [0.05, 0.1) is 19.4 Å². The molecule has 7 heteroatoms. The molecule has 0 aliphatic heterocycles. The molecular weight excluding hydrogens is 352 g/mol. The number of benzene rings is 2. The second-order valence-electron chi connectivity index (χ2n) is 6.06. The van der Waals surface area contributed by atoms with Crippen LogP contribution in [-0.2, 0) is 14.8 Å². The van der Waals surface area contributed by atoms with E-state index < -0.39 is 22.0 Å². The van der Waals surface area contributed by atoms with Crippen LogP contribution in [-0.4, -0.2) is 39.0 Å². The zero-order valence-corrected chi connectivity index (χ0v) is 16.2. The molecule has 0 fully saturated rings. The minimum atomic E-state index is -3.56. The third kappa shape index (κ3) is 4.62. The maximum atomic E-state index is 13.0. The molecule has 2 aromatic rings. The summed E-state index contributed by atoms with van der Waals surface area (Å²) in [5.74, 6) is 0.260. The first kappa shape index (κ1) is 19.9. The van der Waals surface area contributed by atoms with Crippen molar-refractivity contribution in [1.82, 2.24) is 9.62 Å². The summed E-state index contributed by atoms with van der Waals surface area (Å²) in [6, 6.07) is 14.9. The number of sulfonamides is 1. The largest absolute Gasteiger partial charge is 0.496 e. The lowest BCUT2D eigenvalue weighted by Crippen LogP contribution is -2.42. The number of carbonyl (C=O) groups is 1. The highest BCUT2D eigenvalue weighted by atomic mass is 32.2. The highest BCUT2D eigenvalue weighted by Crippen LogP contribution is 2.27. The van der Waals surface area contributed by atoms with Crippen molar-refractivity contribution in [3.63, 3.8) is 0 Å². The molecule has 2 atom stereocenters. The molecule has 0 aliphatic carbocycles. The van der Waals surface area contributed by atoms with E-state index in [9.17, 15) is 13.2 Å². The Morgan fingerprint density at radius 1 is 1.08 bits per heavy atom. The van der Waals surface area contributed by atoms with E-state index >= 15 is 0 Å². The number of carbonyl (C=O) groups excluding carboxylic acids is 1. The lowest BCUT2D eigenvalue weighted by molar-refractivity contribution is -0.125. The van der Waals surface area contributed by atoms with Crippen LogP contribution in [0.25, 0.3) is 0 Å². The highest BCUT2D eigenvalue weighted by Gasteiger charge is 2.31. The molecule has 2 rings (SSSR count). The number of amides is 1. The lowest BCUT2D eigenvalue weighted by atomic mass is 10.0. The molecule has 0 saturated carbocycles. The fraction of sp³-hybridized carbons (Fsp3) is 0.316. The van der Waals surface area contributed by atoms with E-state index in [2.05, 4.69) is 5.32 Å². The monoisotopic (exact) mass is 376 g/mol. The van der Waals surface area contributed by atoms with Gasteiger partial charge in [0.15, 0.2) is 0 Å². The van der Waals surface area contributed by atoms with Gasteiger partial charge in [0, 0.05) is 12.6 Å². The van der Waals surface area contributed by atoms with E-state index in [4.69, 9.17) is 4.74 Å². The molecule has 0 aliphatic rings. The number of hydrogen-bond acceptors (Lipinski definition) is 4. The molecule has 0 radical (unpaired) electrons. The highest BCUT2D eigenvalue weighted by molar-refractivity contribution is 7.88. The second kappa shape index (κ2) is 8.33. The van der Waals surface area contributed by atoms with Crippen molar-refractivity contribution in [2.45, 2.75) is 19.0 Å². The maximum Gasteiger partial charge on any atom is 0.243 e. The normalized spacial score (nSPS) is 13.9. The van der Waals surface area contributed by atoms with Crippen LogP contribution in [0.1, 0.15) is 30.1 Å². The van der Waals surface area contributed by atoms with Gasteiger partial charge in [0.1, 0.15) is 11.8 Å². The van der Waals surface area contributed by atoms with Crippen molar-refractivity contribution in [3.8, 4) is 5.75 Å². The zero-order valence-electron chi connectivity index (χ0n) is 15.3.